The van der Waals surface area contributed by atoms with E-state index in [2.05, 4.69) is 6.07 Å². The van der Waals surface area contributed by atoms with Gasteiger partial charge in [0, 0.05) is 19.7 Å². The van der Waals surface area contributed by atoms with Gasteiger partial charge in [-0.3, -0.25) is 9.69 Å². The van der Waals surface area contributed by atoms with E-state index in [0.717, 1.165) is 7.11 Å². The van der Waals surface area contributed by atoms with Crippen molar-refractivity contribution in [2.75, 3.05) is 40.3 Å². The lowest BCUT2D eigenvalue weighted by atomic mass is 9.81. The second-order valence-electron chi connectivity index (χ2n) is 7.92. The molecule has 10 nitrogen and oxygen atoms in total. The van der Waals surface area contributed by atoms with Crippen LogP contribution in [0, 0.1) is 11.3 Å². The van der Waals surface area contributed by atoms with Gasteiger partial charge in [0.15, 0.2) is 0 Å². The fraction of sp³-hybridized carbons (Fsp3) is 0.231. The van der Waals surface area contributed by atoms with Crippen LogP contribution in [0.2, 0.25) is 0 Å². The molecule has 1 aliphatic heterocycles. The standard InChI is InChI=1S/C26H26N4O6/c1-29(2)24(31)16-11-12-19(34-3)18(13-16)30-22(26(33)36-5)21(25(32)35-4)20(17(14-27)23(30)28)15-9-7-6-8-10-15/h6-13,20H,28H2,1-5H3. The number of nitrogens with zero attached hydrogens (tertiary/aromatic N) is 3. The number of amides is 1. The maximum Gasteiger partial charge on any atom is 0.355 e. The molecule has 0 spiro atoms. The SMILES string of the molecule is COC(=O)C1=C(C(=O)OC)N(c2cc(C(=O)N(C)C)ccc2OC)C(N)=C(C#N)C1c1ccccc1. The Labute approximate surface area is 208 Å². The number of carbonyl (C=O) groups is 3. The van der Waals surface area contributed by atoms with Crippen molar-refractivity contribution in [3.8, 4) is 11.8 Å². The van der Waals surface area contributed by atoms with E-state index < -0.39 is 17.9 Å². The summed E-state index contributed by atoms with van der Waals surface area (Å²) in [6.45, 7) is 0. The van der Waals surface area contributed by atoms with Gasteiger partial charge >= 0.3 is 11.9 Å². The minimum Gasteiger partial charge on any atom is -0.495 e. The Morgan fingerprint density at radius 2 is 1.64 bits per heavy atom. The summed E-state index contributed by atoms with van der Waals surface area (Å²) in [5.41, 5.74) is 7.08. The van der Waals surface area contributed by atoms with Crippen LogP contribution in [-0.2, 0) is 19.1 Å². The summed E-state index contributed by atoms with van der Waals surface area (Å²) in [7, 11) is 6.91. The summed E-state index contributed by atoms with van der Waals surface area (Å²) >= 11 is 0. The fourth-order valence-corrected chi connectivity index (χ4v) is 4.02. The lowest BCUT2D eigenvalue weighted by Crippen LogP contribution is -2.41. The van der Waals surface area contributed by atoms with Crippen LogP contribution < -0.4 is 15.4 Å². The summed E-state index contributed by atoms with van der Waals surface area (Å²) in [4.78, 5) is 41.7. The molecule has 1 atom stereocenters. The van der Waals surface area contributed by atoms with E-state index in [9.17, 15) is 19.6 Å². The minimum absolute atomic E-state index is 0.000597. The van der Waals surface area contributed by atoms with Gasteiger partial charge in [0.2, 0.25) is 0 Å². The molecule has 186 valence electrons. The van der Waals surface area contributed by atoms with Crippen LogP contribution in [0.25, 0.3) is 0 Å². The van der Waals surface area contributed by atoms with Gasteiger partial charge in [-0.2, -0.15) is 5.26 Å². The number of allylic oxidation sites excluding steroid dienone is 1. The van der Waals surface area contributed by atoms with E-state index in [1.807, 2.05) is 0 Å². The van der Waals surface area contributed by atoms with E-state index in [1.165, 1.54) is 36.2 Å². The molecule has 0 aromatic heterocycles. The molecule has 0 saturated carbocycles. The Morgan fingerprint density at radius 1 is 1.00 bits per heavy atom. The molecule has 2 N–H and O–H groups in total. The molecular weight excluding hydrogens is 464 g/mol. The lowest BCUT2D eigenvalue weighted by Gasteiger charge is -2.36. The summed E-state index contributed by atoms with van der Waals surface area (Å²) in [5, 5.41) is 10.2. The van der Waals surface area contributed by atoms with Crippen LogP contribution in [0.15, 0.2) is 71.2 Å². The number of hydrogen-bond acceptors (Lipinski definition) is 9. The molecule has 2 aromatic carbocycles. The predicted octanol–water partition coefficient (Wildman–Crippen LogP) is 2.29. The van der Waals surface area contributed by atoms with Crippen molar-refractivity contribution >= 4 is 23.5 Å². The number of esters is 2. The maximum absolute atomic E-state index is 13.2. The third-order valence-electron chi connectivity index (χ3n) is 5.68. The quantitative estimate of drug-likeness (QED) is 0.605. The number of carbonyl (C=O) groups excluding carboxylic acids is 3. The largest absolute Gasteiger partial charge is 0.495 e. The second-order valence-corrected chi connectivity index (χ2v) is 7.92. The van der Waals surface area contributed by atoms with Crippen LogP contribution in [-0.4, -0.2) is 58.2 Å². The monoisotopic (exact) mass is 490 g/mol. The lowest BCUT2D eigenvalue weighted by molar-refractivity contribution is -0.139. The van der Waals surface area contributed by atoms with Gasteiger partial charge in [-0.1, -0.05) is 30.3 Å². The molecule has 0 aliphatic carbocycles. The van der Waals surface area contributed by atoms with E-state index in [4.69, 9.17) is 19.9 Å². The number of rotatable bonds is 6. The Kier molecular flexibility index (Phi) is 7.64. The number of hydrogen-bond donors (Lipinski definition) is 1. The van der Waals surface area contributed by atoms with E-state index in [1.54, 1.807) is 50.5 Å². The number of nitriles is 1. The molecule has 3 rings (SSSR count). The van der Waals surface area contributed by atoms with Crippen molar-refractivity contribution in [2.24, 2.45) is 5.73 Å². The number of anilines is 1. The van der Waals surface area contributed by atoms with Crippen molar-refractivity contribution in [3.63, 3.8) is 0 Å². The van der Waals surface area contributed by atoms with Gasteiger partial charge in [0.1, 0.15) is 17.3 Å². The molecule has 1 heterocycles. The van der Waals surface area contributed by atoms with Crippen molar-refractivity contribution in [3.05, 3.63) is 82.3 Å². The van der Waals surface area contributed by atoms with Gasteiger partial charge in [0.25, 0.3) is 5.91 Å². The molecule has 0 saturated heterocycles. The number of ether oxygens (including phenoxy) is 3. The van der Waals surface area contributed by atoms with Gasteiger partial charge in [-0.05, 0) is 23.8 Å². The van der Waals surface area contributed by atoms with E-state index in [-0.39, 0.29) is 45.6 Å². The first-order valence-electron chi connectivity index (χ1n) is 10.8. The van der Waals surface area contributed by atoms with Crippen LogP contribution in [0.5, 0.6) is 5.75 Å². The van der Waals surface area contributed by atoms with Crippen molar-refractivity contribution in [2.45, 2.75) is 5.92 Å². The summed E-state index contributed by atoms with van der Waals surface area (Å²) < 4.78 is 15.6. The molecule has 0 fully saturated rings. The minimum atomic E-state index is -1.01. The molecule has 0 radical (unpaired) electrons. The zero-order chi connectivity index (χ0) is 26.6. The zero-order valence-electron chi connectivity index (χ0n) is 20.6. The second kappa shape index (κ2) is 10.7. The van der Waals surface area contributed by atoms with E-state index in [0.29, 0.717) is 5.56 Å². The van der Waals surface area contributed by atoms with E-state index >= 15 is 0 Å². The Morgan fingerprint density at radius 3 is 2.17 bits per heavy atom. The van der Waals surface area contributed by atoms with Gasteiger partial charge in [-0.15, -0.1) is 0 Å². The maximum atomic E-state index is 13.2. The normalized spacial score (nSPS) is 15.2. The summed E-state index contributed by atoms with van der Waals surface area (Å²) in [6.07, 6.45) is 0. The molecular formula is C26H26N4O6. The van der Waals surface area contributed by atoms with Gasteiger partial charge < -0.3 is 24.8 Å². The Bertz CT molecular complexity index is 1310. The highest BCUT2D eigenvalue weighted by Crippen LogP contribution is 2.45. The number of benzene rings is 2. The highest BCUT2D eigenvalue weighted by Gasteiger charge is 2.43. The number of methoxy groups -OCH3 is 3. The first kappa shape index (κ1) is 25.8. The predicted molar refractivity (Wildman–Crippen MR) is 131 cm³/mol. The highest BCUT2D eigenvalue weighted by atomic mass is 16.5. The molecule has 0 bridgehead atoms. The molecule has 1 unspecified atom stereocenters. The average molecular weight is 491 g/mol. The smallest absolute Gasteiger partial charge is 0.355 e. The van der Waals surface area contributed by atoms with Crippen LogP contribution in [0.4, 0.5) is 5.69 Å². The van der Waals surface area contributed by atoms with Gasteiger partial charge in [0.05, 0.1) is 50.2 Å². The first-order valence-corrected chi connectivity index (χ1v) is 10.8. The molecule has 1 aliphatic rings. The van der Waals surface area contributed by atoms with Gasteiger partial charge in [-0.25, -0.2) is 9.59 Å². The van der Waals surface area contributed by atoms with Crippen LogP contribution in [0.3, 0.4) is 0 Å². The highest BCUT2D eigenvalue weighted by molar-refractivity contribution is 6.07. The molecule has 10 heteroatoms. The Hall–Kier alpha value is -4.78. The van der Waals surface area contributed by atoms with Crippen LogP contribution in [0.1, 0.15) is 21.8 Å². The fourth-order valence-electron chi connectivity index (χ4n) is 4.02. The average Bonchev–Trinajstić information content (AvgIpc) is 2.90. The van der Waals surface area contributed by atoms with Crippen molar-refractivity contribution in [1.29, 1.82) is 5.26 Å². The molecule has 2 aromatic rings. The zero-order valence-corrected chi connectivity index (χ0v) is 20.6. The third kappa shape index (κ3) is 4.46. The third-order valence-corrected chi connectivity index (χ3v) is 5.68. The first-order chi connectivity index (χ1) is 17.2. The summed E-state index contributed by atoms with van der Waals surface area (Å²) in [6, 6.07) is 15.3. The van der Waals surface area contributed by atoms with Crippen molar-refractivity contribution in [1.82, 2.24) is 4.90 Å². The van der Waals surface area contributed by atoms with Crippen molar-refractivity contribution < 1.29 is 28.6 Å². The topological polar surface area (TPSA) is 135 Å². The summed E-state index contributed by atoms with van der Waals surface area (Å²) in [5.74, 6) is -2.98. The molecule has 36 heavy (non-hydrogen) atoms. The number of nitrogens with two attached hydrogens (primary N) is 1. The van der Waals surface area contributed by atoms with Crippen LogP contribution >= 0.6 is 0 Å². The Balaban J connectivity index is 2.46. The molecule has 1 amide bonds.